The van der Waals surface area contributed by atoms with Gasteiger partial charge in [-0.05, 0) is 11.6 Å². The molecule has 0 bridgehead atoms. The van der Waals surface area contributed by atoms with Crippen molar-refractivity contribution in [2.45, 2.75) is 5.88 Å². The molecule has 1 amide bonds. The molecule has 2 N–H and O–H groups in total. The molecule has 0 unspecified atom stereocenters. The highest BCUT2D eigenvalue weighted by molar-refractivity contribution is 6.17. The van der Waals surface area contributed by atoms with Gasteiger partial charge < -0.3 is 5.11 Å². The van der Waals surface area contributed by atoms with Crippen molar-refractivity contribution >= 4 is 23.5 Å². The van der Waals surface area contributed by atoms with Crippen LogP contribution in [0.15, 0.2) is 18.3 Å². The zero-order valence-corrected chi connectivity index (χ0v) is 6.88. The normalized spacial score (nSPS) is 9.42. The van der Waals surface area contributed by atoms with E-state index >= 15 is 0 Å². The van der Waals surface area contributed by atoms with E-state index in [2.05, 4.69) is 10.3 Å². The van der Waals surface area contributed by atoms with E-state index < -0.39 is 6.09 Å². The number of pyridine rings is 1. The molecule has 0 saturated heterocycles. The first-order chi connectivity index (χ1) is 5.72. The molecule has 5 heteroatoms. The number of hydrogen-bond donors (Lipinski definition) is 2. The highest BCUT2D eigenvalue weighted by Gasteiger charge is 1.97. The van der Waals surface area contributed by atoms with Crippen molar-refractivity contribution in [1.29, 1.82) is 0 Å². The largest absolute Gasteiger partial charge is 0.465 e. The zero-order chi connectivity index (χ0) is 8.97. The highest BCUT2D eigenvalue weighted by atomic mass is 35.5. The predicted octanol–water partition coefficient (Wildman–Crippen LogP) is 1.91. The Kier molecular flexibility index (Phi) is 2.88. The molecule has 0 aliphatic heterocycles. The van der Waals surface area contributed by atoms with E-state index in [-0.39, 0.29) is 0 Å². The summed E-state index contributed by atoms with van der Waals surface area (Å²) < 4.78 is 0. The number of rotatable bonds is 2. The monoisotopic (exact) mass is 186 g/mol. The minimum atomic E-state index is -1.12. The van der Waals surface area contributed by atoms with Crippen LogP contribution in [0.1, 0.15) is 5.56 Å². The van der Waals surface area contributed by atoms with E-state index in [0.29, 0.717) is 11.7 Å². The zero-order valence-electron chi connectivity index (χ0n) is 6.12. The van der Waals surface area contributed by atoms with E-state index in [0.717, 1.165) is 5.56 Å². The Morgan fingerprint density at radius 3 is 2.83 bits per heavy atom. The molecule has 4 nitrogen and oxygen atoms in total. The van der Waals surface area contributed by atoms with Crippen molar-refractivity contribution in [2.75, 3.05) is 5.32 Å². The number of carboxylic acid groups (broad SMARTS) is 1. The van der Waals surface area contributed by atoms with Gasteiger partial charge in [-0.1, -0.05) is 6.07 Å². The summed E-state index contributed by atoms with van der Waals surface area (Å²) in [5.74, 6) is 0.678. The van der Waals surface area contributed by atoms with Crippen molar-refractivity contribution in [3.63, 3.8) is 0 Å². The molecule has 1 aromatic rings. The number of carbonyl (C=O) groups is 1. The maximum Gasteiger partial charge on any atom is 0.410 e. The Hall–Kier alpha value is -1.29. The summed E-state index contributed by atoms with van der Waals surface area (Å²) in [5.41, 5.74) is 0.854. The first-order valence-corrected chi connectivity index (χ1v) is 3.76. The highest BCUT2D eigenvalue weighted by Crippen LogP contribution is 2.06. The SMILES string of the molecule is O=C(O)Nc1ccc(CCl)cn1. The van der Waals surface area contributed by atoms with Crippen LogP contribution in [0.3, 0.4) is 0 Å². The van der Waals surface area contributed by atoms with Crippen LogP contribution in [0.5, 0.6) is 0 Å². The number of aromatic nitrogens is 1. The van der Waals surface area contributed by atoms with Crippen LogP contribution >= 0.6 is 11.6 Å². The summed E-state index contributed by atoms with van der Waals surface area (Å²) in [4.78, 5) is 14.0. The predicted molar refractivity (Wildman–Crippen MR) is 45.4 cm³/mol. The molecule has 0 spiro atoms. The third kappa shape index (κ3) is 2.39. The molecule has 12 heavy (non-hydrogen) atoms. The van der Waals surface area contributed by atoms with Gasteiger partial charge in [0.1, 0.15) is 5.82 Å². The Labute approximate surface area is 74.2 Å². The van der Waals surface area contributed by atoms with Gasteiger partial charge in [-0.2, -0.15) is 0 Å². The van der Waals surface area contributed by atoms with Gasteiger partial charge in [0.25, 0.3) is 0 Å². The summed E-state index contributed by atoms with van der Waals surface area (Å²) >= 11 is 5.51. The third-order valence-electron chi connectivity index (χ3n) is 1.21. The van der Waals surface area contributed by atoms with Crippen molar-refractivity contribution in [2.24, 2.45) is 0 Å². The minimum absolute atomic E-state index is 0.302. The van der Waals surface area contributed by atoms with Crippen LogP contribution in [0, 0.1) is 0 Å². The minimum Gasteiger partial charge on any atom is -0.465 e. The van der Waals surface area contributed by atoms with Crippen molar-refractivity contribution in [3.8, 4) is 0 Å². The van der Waals surface area contributed by atoms with Gasteiger partial charge in [-0.25, -0.2) is 9.78 Å². The fourth-order valence-electron chi connectivity index (χ4n) is 0.687. The van der Waals surface area contributed by atoms with E-state index in [9.17, 15) is 4.79 Å². The van der Waals surface area contributed by atoms with Crippen LogP contribution in [-0.4, -0.2) is 16.2 Å². The number of anilines is 1. The van der Waals surface area contributed by atoms with Gasteiger partial charge >= 0.3 is 6.09 Å². The smallest absolute Gasteiger partial charge is 0.410 e. The van der Waals surface area contributed by atoms with E-state index in [1.54, 1.807) is 12.1 Å². The maximum absolute atomic E-state index is 10.1. The first kappa shape index (κ1) is 8.80. The lowest BCUT2D eigenvalue weighted by molar-refractivity contribution is 0.209. The molecule has 0 aromatic carbocycles. The van der Waals surface area contributed by atoms with E-state index in [1.807, 2.05) is 0 Å². The lowest BCUT2D eigenvalue weighted by atomic mass is 10.3. The maximum atomic E-state index is 10.1. The Morgan fingerprint density at radius 1 is 1.67 bits per heavy atom. The molecule has 64 valence electrons. The average Bonchev–Trinajstić information content (AvgIpc) is 2.05. The van der Waals surface area contributed by atoms with Gasteiger partial charge in [-0.3, -0.25) is 5.32 Å². The van der Waals surface area contributed by atoms with Gasteiger partial charge in [0.05, 0.1) is 0 Å². The van der Waals surface area contributed by atoms with E-state index in [4.69, 9.17) is 16.7 Å². The molecular weight excluding hydrogens is 180 g/mol. The van der Waals surface area contributed by atoms with Gasteiger partial charge in [0.2, 0.25) is 0 Å². The second-order valence-electron chi connectivity index (χ2n) is 2.12. The first-order valence-electron chi connectivity index (χ1n) is 3.23. The molecule has 0 atom stereocenters. The fourth-order valence-corrected chi connectivity index (χ4v) is 0.845. The Balaban J connectivity index is 2.71. The standard InChI is InChI=1S/C7H7ClN2O2/c8-3-5-1-2-6(9-4-5)10-7(11)12/h1-2,4H,3H2,(H,9,10)(H,11,12). The van der Waals surface area contributed by atoms with Crippen molar-refractivity contribution in [3.05, 3.63) is 23.9 Å². The lowest BCUT2D eigenvalue weighted by Gasteiger charge is -1.99. The fraction of sp³-hybridized carbons (Fsp3) is 0.143. The summed E-state index contributed by atoms with van der Waals surface area (Å²) in [6.07, 6.45) is 0.402. The molecule has 1 heterocycles. The lowest BCUT2D eigenvalue weighted by Crippen LogP contribution is -2.08. The molecule has 1 aromatic heterocycles. The Morgan fingerprint density at radius 2 is 2.42 bits per heavy atom. The summed E-state index contributed by atoms with van der Waals surface area (Å²) in [7, 11) is 0. The molecule has 0 fully saturated rings. The molecule has 0 radical (unpaired) electrons. The third-order valence-corrected chi connectivity index (χ3v) is 1.52. The van der Waals surface area contributed by atoms with E-state index in [1.165, 1.54) is 6.20 Å². The van der Waals surface area contributed by atoms with Crippen LogP contribution in [0.25, 0.3) is 0 Å². The van der Waals surface area contributed by atoms with Crippen LogP contribution in [-0.2, 0) is 5.88 Å². The number of hydrogen-bond acceptors (Lipinski definition) is 2. The van der Waals surface area contributed by atoms with Crippen molar-refractivity contribution < 1.29 is 9.90 Å². The number of nitrogens with one attached hydrogen (secondary N) is 1. The Bertz CT molecular complexity index is 273. The number of amides is 1. The van der Waals surface area contributed by atoms with Gasteiger partial charge in [-0.15, -0.1) is 11.6 Å². The molecule has 0 saturated carbocycles. The van der Waals surface area contributed by atoms with Crippen LogP contribution in [0.4, 0.5) is 10.6 Å². The molecule has 0 aliphatic rings. The number of alkyl halides is 1. The number of nitrogens with zero attached hydrogens (tertiary/aromatic N) is 1. The quantitative estimate of drug-likeness (QED) is 0.694. The van der Waals surface area contributed by atoms with Crippen LogP contribution < -0.4 is 5.32 Å². The van der Waals surface area contributed by atoms with Crippen LogP contribution in [0.2, 0.25) is 0 Å². The summed E-state index contributed by atoms with van der Waals surface area (Å²) in [6, 6.07) is 3.27. The summed E-state index contributed by atoms with van der Waals surface area (Å²) in [6.45, 7) is 0. The van der Waals surface area contributed by atoms with Gasteiger partial charge in [0.15, 0.2) is 0 Å². The second-order valence-corrected chi connectivity index (χ2v) is 2.38. The topological polar surface area (TPSA) is 62.2 Å². The average molecular weight is 187 g/mol. The van der Waals surface area contributed by atoms with Crippen molar-refractivity contribution in [1.82, 2.24) is 4.98 Å². The second kappa shape index (κ2) is 3.92. The molecular formula is C7H7ClN2O2. The molecule has 1 rings (SSSR count). The van der Waals surface area contributed by atoms with Gasteiger partial charge in [0, 0.05) is 12.1 Å². The number of halogens is 1. The summed E-state index contributed by atoms with van der Waals surface area (Å²) in [5, 5.41) is 10.4. The molecule has 0 aliphatic carbocycles.